The van der Waals surface area contributed by atoms with Gasteiger partial charge in [-0.15, -0.1) is 16.4 Å². The molecule has 0 radical (unpaired) electrons. The lowest BCUT2D eigenvalue weighted by Gasteiger charge is -2.45. The number of hydrogen-bond donors (Lipinski definition) is 0. The van der Waals surface area contributed by atoms with Crippen molar-refractivity contribution in [2.24, 2.45) is 12.5 Å². The van der Waals surface area contributed by atoms with Crippen LogP contribution >= 0.6 is 11.3 Å². The summed E-state index contributed by atoms with van der Waals surface area (Å²) in [6.45, 7) is 0. The highest BCUT2D eigenvalue weighted by Gasteiger charge is 2.52. The number of fused-ring (bicyclic) bond motifs is 2. The number of halogens is 1. The number of Topliss-reactive ketones (excluding diaryl/α,β-unsaturated/α-hetero) is 1. The standard InChI is InChI=1S/C28H28FN7O3S2/c1-34(41(38,39)25-16-31-35(2)33-25)22-8-5-19-11-23-18(14-32-36(23)21-9-6-20(29)7-10-21)12-28(19,13-22)26(37)27-30-15-24(40-27)17-3-4-17/h6-7,9-11,14-17,22H,3-5,8,12-13H2,1-2H3/t22-,28-/m0/s1. The van der Waals surface area contributed by atoms with Crippen LogP contribution < -0.4 is 0 Å². The van der Waals surface area contributed by atoms with Gasteiger partial charge >= 0.3 is 0 Å². The molecule has 1 aromatic carbocycles. The van der Waals surface area contributed by atoms with E-state index in [1.807, 2.05) is 12.3 Å². The summed E-state index contributed by atoms with van der Waals surface area (Å²) in [5, 5.41) is 12.9. The molecular weight excluding hydrogens is 565 g/mol. The van der Waals surface area contributed by atoms with Gasteiger partial charge in [-0.3, -0.25) is 4.79 Å². The highest BCUT2D eigenvalue weighted by Crippen LogP contribution is 2.52. The van der Waals surface area contributed by atoms with Crippen LogP contribution in [-0.2, 0) is 23.5 Å². The van der Waals surface area contributed by atoms with Gasteiger partial charge in [-0.1, -0.05) is 5.57 Å². The fraction of sp³-hybridized carbons (Fsp3) is 0.393. The van der Waals surface area contributed by atoms with Gasteiger partial charge in [0.05, 0.1) is 29.2 Å². The van der Waals surface area contributed by atoms with E-state index in [0.717, 1.165) is 40.2 Å². The minimum atomic E-state index is -3.92. The number of carbonyl (C=O) groups is 1. The Morgan fingerprint density at radius 1 is 1.12 bits per heavy atom. The third-order valence-electron chi connectivity index (χ3n) is 8.57. The second kappa shape index (κ2) is 9.50. The molecule has 2 saturated carbocycles. The monoisotopic (exact) mass is 593 g/mol. The molecule has 13 heteroatoms. The average Bonchev–Trinajstić information content (AvgIpc) is 3.32. The third kappa shape index (κ3) is 4.37. The van der Waals surface area contributed by atoms with Crippen molar-refractivity contribution in [2.75, 3.05) is 7.05 Å². The maximum Gasteiger partial charge on any atom is 0.264 e. The molecule has 212 valence electrons. The van der Waals surface area contributed by atoms with Gasteiger partial charge < -0.3 is 0 Å². The molecule has 7 rings (SSSR count). The van der Waals surface area contributed by atoms with Crippen LogP contribution in [0.3, 0.4) is 0 Å². The summed E-state index contributed by atoms with van der Waals surface area (Å²) in [6, 6.07) is 5.70. The molecule has 0 unspecified atom stereocenters. The fourth-order valence-corrected chi connectivity index (χ4v) is 8.52. The van der Waals surface area contributed by atoms with Crippen LogP contribution in [0.15, 0.2) is 53.5 Å². The number of carbonyl (C=O) groups excluding carboxylic acids is 1. The summed E-state index contributed by atoms with van der Waals surface area (Å²) in [7, 11) is -0.798. The number of aromatic nitrogens is 6. The molecule has 2 atom stereocenters. The van der Waals surface area contributed by atoms with Crippen molar-refractivity contribution < 1.29 is 17.6 Å². The largest absolute Gasteiger partial charge is 0.290 e. The summed E-state index contributed by atoms with van der Waals surface area (Å²) >= 11 is 1.46. The number of sulfonamides is 1. The minimum absolute atomic E-state index is 0.0733. The normalized spacial score (nSPS) is 22.3. The zero-order valence-corrected chi connectivity index (χ0v) is 24.2. The summed E-state index contributed by atoms with van der Waals surface area (Å²) in [5.74, 6) is 0.0808. The Morgan fingerprint density at radius 2 is 1.90 bits per heavy atom. The molecule has 10 nitrogen and oxygen atoms in total. The minimum Gasteiger partial charge on any atom is -0.290 e. The summed E-state index contributed by atoms with van der Waals surface area (Å²) < 4.78 is 43.7. The van der Waals surface area contributed by atoms with Crippen molar-refractivity contribution in [2.45, 2.75) is 55.5 Å². The first-order valence-electron chi connectivity index (χ1n) is 13.5. The fourth-order valence-electron chi connectivity index (χ4n) is 6.12. The van der Waals surface area contributed by atoms with E-state index in [1.54, 1.807) is 37.1 Å². The van der Waals surface area contributed by atoms with Crippen molar-refractivity contribution in [3.8, 4) is 5.69 Å². The first kappa shape index (κ1) is 26.4. The number of hydrogen-bond acceptors (Lipinski definition) is 8. The second-order valence-corrected chi connectivity index (χ2v) is 14.1. The Kier molecular flexibility index (Phi) is 6.10. The van der Waals surface area contributed by atoms with Crippen LogP contribution in [0.4, 0.5) is 4.39 Å². The number of ketones is 1. The van der Waals surface area contributed by atoms with E-state index in [4.69, 9.17) is 0 Å². The van der Waals surface area contributed by atoms with Gasteiger partial charge in [0.15, 0.2) is 5.01 Å². The van der Waals surface area contributed by atoms with Gasteiger partial charge in [0.1, 0.15) is 5.82 Å². The molecule has 3 aromatic heterocycles. The SMILES string of the molecule is CN([C@H]1CCC2=Cc3c(cnn3-c3ccc(F)cc3)C[C@]2(C(=O)c2ncc(C3CC3)s2)C1)S(=O)(=O)c1cnn(C)n1. The Balaban J connectivity index is 1.29. The number of allylic oxidation sites excluding steroid dienone is 1. The molecule has 3 aliphatic rings. The van der Waals surface area contributed by atoms with E-state index in [1.165, 1.54) is 38.8 Å². The van der Waals surface area contributed by atoms with Crippen LogP contribution in [0.25, 0.3) is 11.8 Å². The Hall–Kier alpha value is -3.55. The molecule has 0 N–H and O–H groups in total. The molecular formula is C28H28FN7O3S2. The molecule has 2 fully saturated rings. The molecule has 3 heterocycles. The predicted octanol–water partition coefficient (Wildman–Crippen LogP) is 4.16. The first-order chi connectivity index (χ1) is 19.7. The lowest BCUT2D eigenvalue weighted by atomic mass is 9.61. The third-order valence-corrected chi connectivity index (χ3v) is 11.5. The number of nitrogens with zero attached hydrogens (tertiary/aromatic N) is 7. The highest BCUT2D eigenvalue weighted by molar-refractivity contribution is 7.89. The zero-order valence-electron chi connectivity index (χ0n) is 22.6. The number of thiazole rings is 1. The van der Waals surface area contributed by atoms with Crippen molar-refractivity contribution in [3.63, 3.8) is 0 Å². The number of benzene rings is 1. The second-order valence-electron chi connectivity index (χ2n) is 11.1. The van der Waals surface area contributed by atoms with Crippen LogP contribution in [0, 0.1) is 11.2 Å². The Labute approximate surface area is 240 Å². The molecule has 3 aliphatic carbocycles. The summed E-state index contributed by atoms with van der Waals surface area (Å²) in [4.78, 5) is 21.4. The van der Waals surface area contributed by atoms with Gasteiger partial charge in [0.2, 0.25) is 10.8 Å². The topological polar surface area (TPSA) is 116 Å². The van der Waals surface area contributed by atoms with E-state index in [2.05, 4.69) is 20.3 Å². The van der Waals surface area contributed by atoms with Crippen molar-refractivity contribution in [3.05, 3.63) is 75.4 Å². The summed E-state index contributed by atoms with van der Waals surface area (Å²) in [6.07, 6.45) is 10.8. The van der Waals surface area contributed by atoms with E-state index >= 15 is 0 Å². The smallest absolute Gasteiger partial charge is 0.264 e. The van der Waals surface area contributed by atoms with Crippen molar-refractivity contribution in [1.82, 2.24) is 34.1 Å². The number of aryl methyl sites for hydroxylation is 1. The lowest BCUT2D eigenvalue weighted by molar-refractivity contribution is 0.0752. The van der Waals surface area contributed by atoms with Gasteiger partial charge in [-0.25, -0.2) is 22.5 Å². The van der Waals surface area contributed by atoms with Crippen molar-refractivity contribution >= 4 is 33.2 Å². The molecule has 0 spiro atoms. The molecule has 0 amide bonds. The first-order valence-corrected chi connectivity index (χ1v) is 15.8. The molecule has 0 bridgehead atoms. The van der Waals surface area contributed by atoms with E-state index in [-0.39, 0.29) is 16.6 Å². The maximum absolute atomic E-state index is 14.5. The van der Waals surface area contributed by atoms with Crippen LogP contribution in [0.2, 0.25) is 0 Å². The summed E-state index contributed by atoms with van der Waals surface area (Å²) in [5.41, 5.74) is 2.44. The lowest BCUT2D eigenvalue weighted by Crippen LogP contribution is -2.49. The van der Waals surface area contributed by atoms with E-state index < -0.39 is 21.5 Å². The molecule has 41 heavy (non-hydrogen) atoms. The number of rotatable bonds is 7. The average molecular weight is 594 g/mol. The molecule has 0 saturated heterocycles. The van der Waals surface area contributed by atoms with Crippen molar-refractivity contribution in [1.29, 1.82) is 0 Å². The van der Waals surface area contributed by atoms with Gasteiger partial charge in [-0.2, -0.15) is 19.3 Å². The quantitative estimate of drug-likeness (QED) is 0.296. The molecule has 4 aromatic rings. The van der Waals surface area contributed by atoms with E-state index in [0.29, 0.717) is 36.6 Å². The van der Waals surface area contributed by atoms with Gasteiger partial charge in [0.25, 0.3) is 10.0 Å². The van der Waals surface area contributed by atoms with Crippen LogP contribution in [0.1, 0.15) is 64.0 Å². The predicted molar refractivity (Wildman–Crippen MR) is 150 cm³/mol. The highest BCUT2D eigenvalue weighted by atomic mass is 32.2. The maximum atomic E-state index is 14.5. The Bertz CT molecular complexity index is 1800. The van der Waals surface area contributed by atoms with Crippen LogP contribution in [-0.4, -0.2) is 61.4 Å². The Morgan fingerprint density at radius 3 is 2.61 bits per heavy atom. The zero-order chi connectivity index (χ0) is 28.5. The van der Waals surface area contributed by atoms with E-state index in [9.17, 15) is 17.6 Å². The van der Waals surface area contributed by atoms with Gasteiger partial charge in [0, 0.05) is 31.2 Å². The van der Waals surface area contributed by atoms with Gasteiger partial charge in [-0.05, 0) is 80.3 Å². The van der Waals surface area contributed by atoms with Crippen LogP contribution in [0.5, 0.6) is 0 Å². The molecule has 0 aliphatic heterocycles.